The van der Waals surface area contributed by atoms with Crippen LogP contribution in [0, 0.1) is 0 Å². The van der Waals surface area contributed by atoms with Gasteiger partial charge in [-0.3, -0.25) is 14.6 Å². The largest absolute Gasteiger partial charge is 0.478 e. The lowest BCUT2D eigenvalue weighted by Gasteiger charge is -2.32. The SMILES string of the molecule is CCCOC(=O)c1ccc(Oc2coc3c4c(ccc3c2=O)OCN(CCN2CCOCC2)C4)cc1. The van der Waals surface area contributed by atoms with E-state index in [4.69, 9.17) is 23.4 Å². The Hall–Kier alpha value is -3.40. The van der Waals surface area contributed by atoms with Gasteiger partial charge in [-0.25, -0.2) is 4.79 Å². The molecule has 0 radical (unpaired) electrons. The molecule has 9 heteroatoms. The molecule has 1 saturated heterocycles. The maximum atomic E-state index is 13.2. The van der Waals surface area contributed by atoms with Gasteiger partial charge >= 0.3 is 5.97 Å². The summed E-state index contributed by atoms with van der Waals surface area (Å²) in [5, 5.41) is 0.435. The van der Waals surface area contributed by atoms with E-state index in [9.17, 15) is 9.59 Å². The number of carbonyl (C=O) groups excluding carboxylic acids is 1. The summed E-state index contributed by atoms with van der Waals surface area (Å²) in [7, 11) is 0. The lowest BCUT2D eigenvalue weighted by molar-refractivity contribution is 0.0241. The molecule has 36 heavy (non-hydrogen) atoms. The van der Waals surface area contributed by atoms with Crippen LogP contribution in [0.15, 0.2) is 51.9 Å². The first-order valence-corrected chi connectivity index (χ1v) is 12.3. The molecular formula is C27H30N2O7. The first kappa shape index (κ1) is 24.3. The Balaban J connectivity index is 1.30. The molecule has 0 unspecified atom stereocenters. The van der Waals surface area contributed by atoms with Crippen LogP contribution in [0.3, 0.4) is 0 Å². The van der Waals surface area contributed by atoms with E-state index in [1.165, 1.54) is 6.26 Å². The first-order chi connectivity index (χ1) is 17.6. The normalized spacial score (nSPS) is 16.4. The van der Waals surface area contributed by atoms with Crippen LogP contribution in [0.4, 0.5) is 0 Å². The molecule has 9 nitrogen and oxygen atoms in total. The van der Waals surface area contributed by atoms with Crippen molar-refractivity contribution >= 4 is 16.9 Å². The van der Waals surface area contributed by atoms with E-state index in [1.54, 1.807) is 30.3 Å². The zero-order valence-corrected chi connectivity index (χ0v) is 20.4. The van der Waals surface area contributed by atoms with E-state index >= 15 is 0 Å². The van der Waals surface area contributed by atoms with Crippen LogP contribution in [-0.4, -0.2) is 68.5 Å². The molecule has 0 atom stereocenters. The van der Waals surface area contributed by atoms with Crippen LogP contribution in [0.2, 0.25) is 0 Å². The molecule has 1 aromatic heterocycles. The van der Waals surface area contributed by atoms with Gasteiger partial charge in [0.15, 0.2) is 0 Å². The number of fused-ring (bicyclic) bond motifs is 3. The lowest BCUT2D eigenvalue weighted by atomic mass is 10.1. The summed E-state index contributed by atoms with van der Waals surface area (Å²) in [6.07, 6.45) is 2.09. The van der Waals surface area contributed by atoms with Gasteiger partial charge in [0.2, 0.25) is 11.2 Å². The number of carbonyl (C=O) groups is 1. The predicted molar refractivity (Wildman–Crippen MR) is 133 cm³/mol. The van der Waals surface area contributed by atoms with E-state index in [-0.39, 0.29) is 17.1 Å². The van der Waals surface area contributed by atoms with Gasteiger partial charge in [0, 0.05) is 32.7 Å². The Labute approximate surface area is 209 Å². The lowest BCUT2D eigenvalue weighted by Crippen LogP contribution is -2.43. The summed E-state index contributed by atoms with van der Waals surface area (Å²) in [5.74, 6) is 0.834. The van der Waals surface area contributed by atoms with Crippen molar-refractivity contribution in [1.82, 2.24) is 9.80 Å². The van der Waals surface area contributed by atoms with Gasteiger partial charge < -0.3 is 23.4 Å². The highest BCUT2D eigenvalue weighted by Crippen LogP contribution is 2.32. The average molecular weight is 495 g/mol. The zero-order chi connectivity index (χ0) is 24.9. The molecule has 0 amide bonds. The molecule has 2 aromatic carbocycles. The number of esters is 1. The number of rotatable bonds is 8. The Morgan fingerprint density at radius 3 is 2.58 bits per heavy atom. The minimum absolute atomic E-state index is 0.0738. The number of morpholine rings is 1. The zero-order valence-electron chi connectivity index (χ0n) is 20.4. The quantitative estimate of drug-likeness (QED) is 0.435. The van der Waals surface area contributed by atoms with Crippen molar-refractivity contribution in [2.24, 2.45) is 0 Å². The number of ether oxygens (including phenoxy) is 4. The van der Waals surface area contributed by atoms with Crippen molar-refractivity contribution in [2.75, 3.05) is 52.7 Å². The summed E-state index contributed by atoms with van der Waals surface area (Å²) in [4.78, 5) is 29.8. The smallest absolute Gasteiger partial charge is 0.338 e. The van der Waals surface area contributed by atoms with E-state index < -0.39 is 0 Å². The van der Waals surface area contributed by atoms with E-state index in [0.717, 1.165) is 57.1 Å². The fourth-order valence-corrected chi connectivity index (χ4v) is 4.32. The van der Waals surface area contributed by atoms with Crippen molar-refractivity contribution < 1.29 is 28.2 Å². The molecule has 3 aromatic rings. The highest BCUT2D eigenvalue weighted by atomic mass is 16.5. The maximum Gasteiger partial charge on any atom is 0.338 e. The van der Waals surface area contributed by atoms with Gasteiger partial charge in [-0.1, -0.05) is 6.92 Å². The molecule has 0 N–H and O–H groups in total. The average Bonchev–Trinajstić information content (AvgIpc) is 2.92. The van der Waals surface area contributed by atoms with Crippen LogP contribution in [0.1, 0.15) is 29.3 Å². The molecule has 3 heterocycles. The fourth-order valence-electron chi connectivity index (χ4n) is 4.32. The Kier molecular flexibility index (Phi) is 7.50. The van der Waals surface area contributed by atoms with Crippen molar-refractivity contribution in [3.05, 3.63) is 64.0 Å². The van der Waals surface area contributed by atoms with Crippen molar-refractivity contribution in [3.63, 3.8) is 0 Å². The second-order valence-corrected chi connectivity index (χ2v) is 8.89. The summed E-state index contributed by atoms with van der Waals surface area (Å²) < 4.78 is 28.2. The Bertz CT molecular complexity index is 1270. The van der Waals surface area contributed by atoms with E-state index in [0.29, 0.717) is 42.2 Å². The Morgan fingerprint density at radius 1 is 1.03 bits per heavy atom. The summed E-state index contributed by atoms with van der Waals surface area (Å²) >= 11 is 0. The maximum absolute atomic E-state index is 13.2. The number of nitrogens with zero attached hydrogens (tertiary/aromatic N) is 2. The van der Waals surface area contributed by atoms with Crippen LogP contribution in [0.25, 0.3) is 11.0 Å². The van der Waals surface area contributed by atoms with Gasteiger partial charge in [-0.05, 0) is 42.8 Å². The van der Waals surface area contributed by atoms with Gasteiger partial charge in [0.25, 0.3) is 0 Å². The van der Waals surface area contributed by atoms with Crippen LogP contribution < -0.4 is 14.9 Å². The molecule has 0 spiro atoms. The second kappa shape index (κ2) is 11.1. The van der Waals surface area contributed by atoms with Crippen LogP contribution >= 0.6 is 0 Å². The minimum atomic E-state index is -0.389. The second-order valence-electron chi connectivity index (χ2n) is 8.89. The summed E-state index contributed by atoms with van der Waals surface area (Å²) in [6, 6.07) is 9.99. The third-order valence-electron chi connectivity index (χ3n) is 6.35. The van der Waals surface area contributed by atoms with Gasteiger partial charge in [-0.15, -0.1) is 0 Å². The molecule has 2 aliphatic rings. The molecule has 1 fully saturated rings. The number of hydrogen-bond donors (Lipinski definition) is 0. The topological polar surface area (TPSA) is 90.7 Å². The first-order valence-electron chi connectivity index (χ1n) is 12.3. The monoisotopic (exact) mass is 494 g/mol. The van der Waals surface area contributed by atoms with Gasteiger partial charge in [0.1, 0.15) is 30.1 Å². The fraction of sp³-hybridized carbons (Fsp3) is 0.407. The highest BCUT2D eigenvalue weighted by molar-refractivity contribution is 5.89. The standard InChI is InChI=1S/C27H30N2O7/c1-2-13-33-27(31)19-3-5-20(6-4-19)36-24-17-34-26-21(25(24)30)7-8-23-22(26)16-29(18-35-23)10-9-28-11-14-32-15-12-28/h3-8,17H,2,9-16,18H2,1H3. The molecule has 0 bridgehead atoms. The van der Waals surface area contributed by atoms with Crippen molar-refractivity contribution in [2.45, 2.75) is 19.9 Å². The van der Waals surface area contributed by atoms with Gasteiger partial charge in [-0.2, -0.15) is 0 Å². The molecule has 5 rings (SSSR count). The molecule has 190 valence electrons. The molecule has 0 aliphatic carbocycles. The number of hydrogen-bond acceptors (Lipinski definition) is 9. The highest BCUT2D eigenvalue weighted by Gasteiger charge is 2.23. The minimum Gasteiger partial charge on any atom is -0.478 e. The van der Waals surface area contributed by atoms with E-state index in [1.807, 2.05) is 13.0 Å². The van der Waals surface area contributed by atoms with Crippen LogP contribution in [0.5, 0.6) is 17.2 Å². The third kappa shape index (κ3) is 5.38. The van der Waals surface area contributed by atoms with Crippen LogP contribution in [-0.2, 0) is 16.0 Å². The van der Waals surface area contributed by atoms with Gasteiger partial charge in [0.05, 0.1) is 36.3 Å². The summed E-state index contributed by atoms with van der Waals surface area (Å²) in [6.45, 7) is 8.65. The van der Waals surface area contributed by atoms with Crippen molar-refractivity contribution in [1.29, 1.82) is 0 Å². The third-order valence-corrected chi connectivity index (χ3v) is 6.35. The molecule has 0 saturated carbocycles. The predicted octanol–water partition coefficient (Wildman–Crippen LogP) is 3.64. The molecular weight excluding hydrogens is 464 g/mol. The summed E-state index contributed by atoms with van der Waals surface area (Å²) in [5.41, 5.74) is 1.52. The van der Waals surface area contributed by atoms with Crippen molar-refractivity contribution in [3.8, 4) is 17.2 Å². The Morgan fingerprint density at radius 2 is 1.81 bits per heavy atom. The van der Waals surface area contributed by atoms with E-state index in [2.05, 4.69) is 9.80 Å². The number of benzene rings is 2. The molecule has 2 aliphatic heterocycles.